The molecular formula is C20H24N4O3. The molecule has 2 fully saturated rings. The SMILES string of the molecule is O=C(N[C@@H]1CC(Cn2ccnc2)C[C@H]1O)c1ccccc1N1CCCC1=O. The molecule has 7 nitrogen and oxygen atoms in total. The molecule has 7 heteroatoms. The van der Waals surface area contributed by atoms with Crippen molar-refractivity contribution < 1.29 is 14.7 Å². The third-order valence-corrected chi connectivity index (χ3v) is 5.48. The number of nitrogens with one attached hydrogen (secondary N) is 1. The molecule has 1 aliphatic carbocycles. The summed E-state index contributed by atoms with van der Waals surface area (Å²) < 4.78 is 2.00. The molecule has 2 heterocycles. The Balaban J connectivity index is 1.44. The predicted octanol–water partition coefficient (Wildman–Crippen LogP) is 1.58. The van der Waals surface area contributed by atoms with Crippen LogP contribution in [0.3, 0.4) is 0 Å². The van der Waals surface area contributed by atoms with Gasteiger partial charge in [0.15, 0.2) is 0 Å². The first-order valence-electron chi connectivity index (χ1n) is 9.46. The maximum atomic E-state index is 12.9. The molecular weight excluding hydrogens is 344 g/mol. The van der Waals surface area contributed by atoms with E-state index in [1.807, 2.05) is 22.9 Å². The lowest BCUT2D eigenvalue weighted by atomic mass is 10.1. The Morgan fingerprint density at radius 2 is 2.15 bits per heavy atom. The maximum absolute atomic E-state index is 12.9. The van der Waals surface area contributed by atoms with Crippen LogP contribution in [0.25, 0.3) is 0 Å². The lowest BCUT2D eigenvalue weighted by Gasteiger charge is -2.21. The second-order valence-corrected chi connectivity index (χ2v) is 7.41. The number of para-hydroxylation sites is 1. The topological polar surface area (TPSA) is 87.5 Å². The van der Waals surface area contributed by atoms with E-state index in [2.05, 4.69) is 10.3 Å². The first-order chi connectivity index (χ1) is 13.1. The minimum Gasteiger partial charge on any atom is -0.391 e. The van der Waals surface area contributed by atoms with Crippen LogP contribution in [0.5, 0.6) is 0 Å². The summed E-state index contributed by atoms with van der Waals surface area (Å²) in [4.78, 5) is 30.7. The molecule has 1 aliphatic heterocycles. The third-order valence-electron chi connectivity index (χ3n) is 5.48. The molecule has 1 aromatic heterocycles. The Bertz CT molecular complexity index is 820. The Hall–Kier alpha value is -2.67. The summed E-state index contributed by atoms with van der Waals surface area (Å²) in [6.45, 7) is 1.42. The molecule has 2 N–H and O–H groups in total. The van der Waals surface area contributed by atoms with Gasteiger partial charge >= 0.3 is 0 Å². The van der Waals surface area contributed by atoms with Gasteiger partial charge in [0.2, 0.25) is 5.91 Å². The highest BCUT2D eigenvalue weighted by Gasteiger charge is 2.35. The van der Waals surface area contributed by atoms with E-state index >= 15 is 0 Å². The number of anilines is 1. The average Bonchev–Trinajstić information content (AvgIpc) is 3.38. The minimum atomic E-state index is -0.567. The number of hydrogen-bond acceptors (Lipinski definition) is 4. The first kappa shape index (κ1) is 17.7. The van der Waals surface area contributed by atoms with Crippen LogP contribution in [0.15, 0.2) is 43.0 Å². The number of imidazole rings is 1. The van der Waals surface area contributed by atoms with Crippen LogP contribution in [-0.4, -0.2) is 45.2 Å². The number of benzene rings is 1. The van der Waals surface area contributed by atoms with Crippen molar-refractivity contribution >= 4 is 17.5 Å². The molecule has 1 aromatic carbocycles. The largest absolute Gasteiger partial charge is 0.391 e. The zero-order valence-corrected chi connectivity index (χ0v) is 15.1. The number of rotatable bonds is 5. The molecule has 4 rings (SSSR count). The number of aliphatic hydroxyl groups excluding tert-OH is 1. The van der Waals surface area contributed by atoms with Crippen LogP contribution in [0.1, 0.15) is 36.0 Å². The highest BCUT2D eigenvalue weighted by atomic mass is 16.3. The van der Waals surface area contributed by atoms with Gasteiger partial charge in [-0.2, -0.15) is 0 Å². The van der Waals surface area contributed by atoms with Gasteiger partial charge in [0, 0.05) is 31.9 Å². The summed E-state index contributed by atoms with van der Waals surface area (Å²) in [5, 5.41) is 13.4. The lowest BCUT2D eigenvalue weighted by Crippen LogP contribution is -2.40. The standard InChI is InChI=1S/C20H24N4O3/c25-18-11-14(12-23-9-7-21-13-23)10-16(18)22-20(27)15-4-1-2-5-17(15)24-8-3-6-19(24)26/h1-2,4-5,7,9,13-14,16,18,25H,3,6,8,10-12H2,(H,22,27)/t14?,16-,18-/m1/s1. The second-order valence-electron chi connectivity index (χ2n) is 7.41. The summed E-state index contributed by atoms with van der Waals surface area (Å²) in [5.74, 6) is 0.101. The van der Waals surface area contributed by atoms with E-state index < -0.39 is 6.10 Å². The molecule has 2 aliphatic rings. The monoisotopic (exact) mass is 368 g/mol. The van der Waals surface area contributed by atoms with E-state index in [9.17, 15) is 14.7 Å². The van der Waals surface area contributed by atoms with Crippen molar-refractivity contribution in [2.45, 2.75) is 44.4 Å². The molecule has 2 aromatic rings. The van der Waals surface area contributed by atoms with Crippen molar-refractivity contribution in [1.82, 2.24) is 14.9 Å². The number of amides is 2. The third kappa shape index (κ3) is 3.73. The lowest BCUT2D eigenvalue weighted by molar-refractivity contribution is -0.117. The van der Waals surface area contributed by atoms with Crippen molar-refractivity contribution in [3.8, 4) is 0 Å². The first-order valence-corrected chi connectivity index (χ1v) is 9.46. The molecule has 2 amide bonds. The van der Waals surface area contributed by atoms with Crippen molar-refractivity contribution in [2.75, 3.05) is 11.4 Å². The van der Waals surface area contributed by atoms with E-state index in [1.165, 1.54) is 0 Å². The van der Waals surface area contributed by atoms with Gasteiger partial charge in [0.25, 0.3) is 5.91 Å². The smallest absolute Gasteiger partial charge is 0.253 e. The van der Waals surface area contributed by atoms with Crippen LogP contribution < -0.4 is 10.2 Å². The molecule has 1 unspecified atom stereocenters. The Morgan fingerprint density at radius 1 is 1.30 bits per heavy atom. The average molecular weight is 368 g/mol. The van der Waals surface area contributed by atoms with Crippen LogP contribution >= 0.6 is 0 Å². The van der Waals surface area contributed by atoms with Gasteiger partial charge in [-0.05, 0) is 37.3 Å². The zero-order valence-electron chi connectivity index (χ0n) is 15.1. The van der Waals surface area contributed by atoms with Gasteiger partial charge in [0.1, 0.15) is 0 Å². The molecule has 27 heavy (non-hydrogen) atoms. The fourth-order valence-electron chi connectivity index (χ4n) is 4.17. The van der Waals surface area contributed by atoms with Crippen molar-refractivity contribution in [2.24, 2.45) is 5.92 Å². The van der Waals surface area contributed by atoms with Gasteiger partial charge in [-0.25, -0.2) is 4.98 Å². The number of aliphatic hydroxyl groups is 1. The fraction of sp³-hybridized carbons (Fsp3) is 0.450. The number of aromatic nitrogens is 2. The van der Waals surface area contributed by atoms with Gasteiger partial charge in [-0.3, -0.25) is 9.59 Å². The van der Waals surface area contributed by atoms with Crippen LogP contribution in [-0.2, 0) is 11.3 Å². The number of nitrogens with zero attached hydrogens (tertiary/aromatic N) is 3. The summed E-state index contributed by atoms with van der Waals surface area (Å²) in [6.07, 6.45) is 7.54. The molecule has 1 saturated carbocycles. The minimum absolute atomic E-state index is 0.0524. The molecule has 1 saturated heterocycles. The highest BCUT2D eigenvalue weighted by Crippen LogP contribution is 2.29. The van der Waals surface area contributed by atoms with Gasteiger partial charge < -0.3 is 19.9 Å². The Labute approximate surface area is 158 Å². The van der Waals surface area contributed by atoms with Crippen LogP contribution in [0, 0.1) is 5.92 Å². The zero-order chi connectivity index (χ0) is 18.8. The van der Waals surface area contributed by atoms with E-state index in [-0.39, 0.29) is 23.8 Å². The molecule has 0 bridgehead atoms. The van der Waals surface area contributed by atoms with E-state index in [4.69, 9.17) is 0 Å². The van der Waals surface area contributed by atoms with Gasteiger partial charge in [-0.1, -0.05) is 12.1 Å². The highest BCUT2D eigenvalue weighted by molar-refractivity contribution is 6.05. The summed E-state index contributed by atoms with van der Waals surface area (Å²) >= 11 is 0. The maximum Gasteiger partial charge on any atom is 0.253 e. The normalized spacial score (nSPS) is 25.1. The van der Waals surface area contributed by atoms with Crippen molar-refractivity contribution in [3.63, 3.8) is 0 Å². The predicted molar refractivity (Wildman–Crippen MR) is 100 cm³/mol. The number of hydrogen-bond donors (Lipinski definition) is 2. The second kappa shape index (κ2) is 7.52. The fourth-order valence-corrected chi connectivity index (χ4v) is 4.17. The van der Waals surface area contributed by atoms with Gasteiger partial charge in [0.05, 0.1) is 29.7 Å². The summed E-state index contributed by atoms with van der Waals surface area (Å²) in [7, 11) is 0. The summed E-state index contributed by atoms with van der Waals surface area (Å²) in [6, 6.07) is 6.90. The van der Waals surface area contributed by atoms with Crippen LogP contribution in [0.2, 0.25) is 0 Å². The molecule has 0 radical (unpaired) electrons. The molecule has 0 spiro atoms. The van der Waals surface area contributed by atoms with Crippen molar-refractivity contribution in [3.05, 3.63) is 48.5 Å². The van der Waals surface area contributed by atoms with E-state index in [1.54, 1.807) is 29.6 Å². The van der Waals surface area contributed by atoms with E-state index in [0.29, 0.717) is 30.6 Å². The number of carbonyl (C=O) groups is 2. The summed E-state index contributed by atoms with van der Waals surface area (Å²) in [5.41, 5.74) is 1.14. The quantitative estimate of drug-likeness (QED) is 0.839. The van der Waals surface area contributed by atoms with Crippen LogP contribution in [0.4, 0.5) is 5.69 Å². The molecule has 142 valence electrons. The van der Waals surface area contributed by atoms with Gasteiger partial charge in [-0.15, -0.1) is 0 Å². The Kier molecular flexibility index (Phi) is 4.94. The van der Waals surface area contributed by atoms with Crippen molar-refractivity contribution in [1.29, 1.82) is 0 Å². The van der Waals surface area contributed by atoms with E-state index in [0.717, 1.165) is 19.4 Å². The Morgan fingerprint density at radius 3 is 2.89 bits per heavy atom. The number of carbonyl (C=O) groups excluding carboxylic acids is 2. The molecule has 3 atom stereocenters.